The zero-order valence-electron chi connectivity index (χ0n) is 13.7. The summed E-state index contributed by atoms with van der Waals surface area (Å²) in [7, 11) is -3.80. The number of thiophene rings is 1. The van der Waals surface area contributed by atoms with Gasteiger partial charge in [-0.25, -0.2) is 17.4 Å². The molecule has 0 saturated carbocycles. The summed E-state index contributed by atoms with van der Waals surface area (Å²) in [5.41, 5.74) is 3.32. The van der Waals surface area contributed by atoms with Crippen molar-refractivity contribution in [2.75, 3.05) is 0 Å². The van der Waals surface area contributed by atoms with Gasteiger partial charge < -0.3 is 0 Å². The lowest BCUT2D eigenvalue weighted by Crippen LogP contribution is -2.12. The van der Waals surface area contributed by atoms with Crippen molar-refractivity contribution >= 4 is 32.4 Å². The van der Waals surface area contributed by atoms with Crippen molar-refractivity contribution in [3.63, 3.8) is 0 Å². The van der Waals surface area contributed by atoms with Gasteiger partial charge in [0.05, 0.1) is 10.5 Å². The highest BCUT2D eigenvalue weighted by Gasteiger charge is 2.23. The summed E-state index contributed by atoms with van der Waals surface area (Å²) in [5.74, 6) is 0. The number of aromatic nitrogens is 2. The lowest BCUT2D eigenvalue weighted by atomic mass is 10.1. The predicted octanol–water partition coefficient (Wildman–Crippen LogP) is 4.18. The summed E-state index contributed by atoms with van der Waals surface area (Å²) in [6.07, 6.45) is 2.97. The van der Waals surface area contributed by atoms with Crippen molar-refractivity contribution in [2.45, 2.75) is 11.8 Å². The van der Waals surface area contributed by atoms with E-state index in [1.165, 1.54) is 21.5 Å². The van der Waals surface area contributed by atoms with E-state index in [0.717, 1.165) is 16.7 Å². The lowest BCUT2D eigenvalue weighted by molar-refractivity contribution is 0.589. The number of nitrogens with zero attached hydrogens (tertiary/aromatic N) is 3. The topological polar surface area (TPSA) is 75.8 Å². The van der Waals surface area contributed by atoms with Gasteiger partial charge in [0.1, 0.15) is 6.07 Å². The first-order valence-electron chi connectivity index (χ1n) is 7.77. The van der Waals surface area contributed by atoms with Gasteiger partial charge in [-0.15, -0.1) is 0 Å². The molecule has 0 atom stereocenters. The summed E-state index contributed by atoms with van der Waals surface area (Å²) in [6.45, 7) is 1.90. The summed E-state index contributed by atoms with van der Waals surface area (Å²) in [5, 5.41) is 13.7. The standard InChI is InChI=1S/C19H13N3O2S2/c1-13-2-4-16(5-3-13)26(23,24)22-11-18(15-6-7-25-12-15)17-8-14(9-20)10-21-19(17)22/h2-8,10-12H,1H3. The first kappa shape index (κ1) is 16.5. The Morgan fingerprint density at radius 1 is 1.19 bits per heavy atom. The minimum absolute atomic E-state index is 0.197. The van der Waals surface area contributed by atoms with Crippen molar-refractivity contribution in [1.29, 1.82) is 5.26 Å². The molecule has 1 aromatic carbocycles. The molecule has 0 spiro atoms. The first-order valence-corrected chi connectivity index (χ1v) is 10.1. The molecule has 7 heteroatoms. The fourth-order valence-electron chi connectivity index (χ4n) is 2.80. The molecule has 128 valence electrons. The molecule has 3 heterocycles. The number of hydrogen-bond acceptors (Lipinski definition) is 5. The molecule has 3 aromatic heterocycles. The molecule has 0 bridgehead atoms. The van der Waals surface area contributed by atoms with Crippen LogP contribution in [0.2, 0.25) is 0 Å². The van der Waals surface area contributed by atoms with Crippen LogP contribution in [0.3, 0.4) is 0 Å². The number of benzene rings is 1. The van der Waals surface area contributed by atoms with Crippen LogP contribution in [0.4, 0.5) is 0 Å². The second-order valence-corrected chi connectivity index (χ2v) is 8.47. The molecule has 5 nitrogen and oxygen atoms in total. The Bertz CT molecular complexity index is 1250. The van der Waals surface area contributed by atoms with Gasteiger partial charge in [0.25, 0.3) is 10.0 Å². The highest BCUT2D eigenvalue weighted by Crippen LogP contribution is 2.33. The van der Waals surface area contributed by atoms with Gasteiger partial charge in [-0.1, -0.05) is 17.7 Å². The Kier molecular flexibility index (Phi) is 3.87. The Hall–Kier alpha value is -2.95. The van der Waals surface area contributed by atoms with Gasteiger partial charge in [-0.05, 0) is 47.5 Å². The van der Waals surface area contributed by atoms with Crippen LogP contribution < -0.4 is 0 Å². The van der Waals surface area contributed by atoms with Crippen LogP contribution in [0.15, 0.2) is 64.4 Å². The number of hydrogen-bond donors (Lipinski definition) is 0. The smallest absolute Gasteiger partial charge is 0.236 e. The first-order chi connectivity index (χ1) is 12.5. The van der Waals surface area contributed by atoms with Crippen LogP contribution in [-0.4, -0.2) is 17.4 Å². The van der Waals surface area contributed by atoms with Gasteiger partial charge >= 0.3 is 0 Å². The molecule has 0 radical (unpaired) electrons. The molecule has 0 N–H and O–H groups in total. The average molecular weight is 379 g/mol. The Labute approximate surface area is 154 Å². The van der Waals surface area contributed by atoms with Crippen LogP contribution in [0.5, 0.6) is 0 Å². The quantitative estimate of drug-likeness (QED) is 0.535. The molecule has 0 unspecified atom stereocenters. The Balaban J connectivity index is 2.02. The van der Waals surface area contributed by atoms with Gasteiger partial charge in [-0.3, -0.25) is 0 Å². The van der Waals surface area contributed by atoms with Gasteiger partial charge in [-0.2, -0.15) is 16.6 Å². The molecule has 0 fully saturated rings. The molecule has 4 rings (SSSR count). The van der Waals surface area contributed by atoms with Crippen LogP contribution in [0.1, 0.15) is 11.1 Å². The number of pyridine rings is 1. The largest absolute Gasteiger partial charge is 0.269 e. The van der Waals surface area contributed by atoms with Crippen LogP contribution in [0, 0.1) is 18.3 Å². The van der Waals surface area contributed by atoms with E-state index >= 15 is 0 Å². The third-order valence-corrected chi connectivity index (χ3v) is 6.50. The third-order valence-electron chi connectivity index (χ3n) is 4.15. The van der Waals surface area contributed by atoms with Crippen molar-refractivity contribution in [3.8, 4) is 17.2 Å². The Morgan fingerprint density at radius 2 is 1.96 bits per heavy atom. The number of rotatable bonds is 3. The van der Waals surface area contributed by atoms with E-state index in [9.17, 15) is 13.7 Å². The van der Waals surface area contributed by atoms with Gasteiger partial charge in [0, 0.05) is 23.3 Å². The summed E-state index contributed by atoms with van der Waals surface area (Å²) in [6, 6.07) is 12.4. The van der Waals surface area contributed by atoms with E-state index in [2.05, 4.69) is 11.1 Å². The second kappa shape index (κ2) is 6.09. The fourth-order valence-corrected chi connectivity index (χ4v) is 4.78. The van der Waals surface area contributed by atoms with Gasteiger partial charge in [0.15, 0.2) is 5.65 Å². The van der Waals surface area contributed by atoms with Crippen LogP contribution in [0.25, 0.3) is 22.2 Å². The van der Waals surface area contributed by atoms with Crippen molar-refractivity contribution in [3.05, 3.63) is 70.7 Å². The normalized spacial score (nSPS) is 11.5. The predicted molar refractivity (Wildman–Crippen MR) is 102 cm³/mol. The lowest BCUT2D eigenvalue weighted by Gasteiger charge is -2.07. The maximum absolute atomic E-state index is 13.2. The SMILES string of the molecule is Cc1ccc(S(=O)(=O)n2cc(-c3ccsc3)c3cc(C#N)cnc32)cc1. The summed E-state index contributed by atoms with van der Waals surface area (Å²) in [4.78, 5) is 4.45. The maximum atomic E-state index is 13.2. The van der Waals surface area contributed by atoms with E-state index in [-0.39, 0.29) is 4.90 Å². The van der Waals surface area contributed by atoms with Crippen LogP contribution in [-0.2, 0) is 10.0 Å². The minimum atomic E-state index is -3.80. The summed E-state index contributed by atoms with van der Waals surface area (Å²) < 4.78 is 27.5. The second-order valence-electron chi connectivity index (χ2n) is 5.88. The van der Waals surface area contributed by atoms with E-state index < -0.39 is 10.0 Å². The van der Waals surface area contributed by atoms with Crippen molar-refractivity contribution in [2.24, 2.45) is 0 Å². The highest BCUT2D eigenvalue weighted by atomic mass is 32.2. The molecular weight excluding hydrogens is 366 g/mol. The van der Waals surface area contributed by atoms with Gasteiger partial charge in [0.2, 0.25) is 0 Å². The third kappa shape index (κ3) is 2.60. The molecule has 0 aliphatic heterocycles. The molecule has 0 amide bonds. The number of aryl methyl sites for hydroxylation is 1. The maximum Gasteiger partial charge on any atom is 0.269 e. The molecular formula is C19H13N3O2S2. The van der Waals surface area contributed by atoms with E-state index in [0.29, 0.717) is 16.6 Å². The number of nitriles is 1. The van der Waals surface area contributed by atoms with Crippen molar-refractivity contribution in [1.82, 2.24) is 8.96 Å². The highest BCUT2D eigenvalue weighted by molar-refractivity contribution is 7.90. The van der Waals surface area contributed by atoms with Crippen molar-refractivity contribution < 1.29 is 8.42 Å². The monoisotopic (exact) mass is 379 g/mol. The summed E-state index contributed by atoms with van der Waals surface area (Å²) >= 11 is 1.52. The molecule has 0 saturated heterocycles. The zero-order valence-corrected chi connectivity index (χ0v) is 15.4. The average Bonchev–Trinajstić information content (AvgIpc) is 3.29. The zero-order chi connectivity index (χ0) is 18.3. The number of fused-ring (bicyclic) bond motifs is 1. The molecule has 26 heavy (non-hydrogen) atoms. The Morgan fingerprint density at radius 3 is 2.62 bits per heavy atom. The molecule has 4 aromatic rings. The van der Waals surface area contributed by atoms with E-state index in [1.807, 2.05) is 23.8 Å². The molecule has 0 aliphatic carbocycles. The molecule has 0 aliphatic rings. The van der Waals surface area contributed by atoms with E-state index in [1.54, 1.807) is 36.5 Å². The van der Waals surface area contributed by atoms with Crippen LogP contribution >= 0.6 is 11.3 Å². The fraction of sp³-hybridized carbons (Fsp3) is 0.0526. The van der Waals surface area contributed by atoms with E-state index in [4.69, 9.17) is 0 Å². The minimum Gasteiger partial charge on any atom is -0.236 e.